The molecule has 4 nitrogen and oxygen atoms in total. The lowest BCUT2D eigenvalue weighted by molar-refractivity contribution is -0.142. The van der Waals surface area contributed by atoms with E-state index in [1.165, 1.54) is 0 Å². The third kappa shape index (κ3) is 29.3. The number of likely N-dealkylation sites (N-methyl/N-ethyl adjacent to an activating group) is 1. The SMILES string of the molecule is C=C.CCOC(=O)C/C=C/CNC.CNC. The minimum atomic E-state index is -0.167. The summed E-state index contributed by atoms with van der Waals surface area (Å²) in [5.74, 6) is -0.167. The number of hydrogen-bond donors (Lipinski definition) is 2. The Morgan fingerprint density at radius 1 is 1.25 bits per heavy atom. The molecule has 96 valence electrons. The fourth-order valence-corrected chi connectivity index (χ4v) is 0.601. The minimum Gasteiger partial charge on any atom is -0.466 e. The Hall–Kier alpha value is -1.13. The summed E-state index contributed by atoms with van der Waals surface area (Å²) in [6, 6.07) is 0. The van der Waals surface area contributed by atoms with Crippen molar-refractivity contribution in [3.63, 3.8) is 0 Å². The summed E-state index contributed by atoms with van der Waals surface area (Å²) >= 11 is 0. The summed E-state index contributed by atoms with van der Waals surface area (Å²) in [5.41, 5.74) is 0. The Morgan fingerprint density at radius 2 is 1.75 bits per heavy atom. The van der Waals surface area contributed by atoms with Gasteiger partial charge in [0.05, 0.1) is 13.0 Å². The standard InChI is InChI=1S/C8H15NO2.C2H7N.C2H4/c1-3-11-8(10)6-4-5-7-9-2;1-3-2;1-2/h4-5,9H,3,6-7H2,1-2H3;3H,1-2H3;1-2H2/b5-4+;;. The third-order valence-electron chi connectivity index (χ3n) is 1.08. The molecule has 0 saturated heterocycles. The Labute approximate surface area is 99.8 Å². The van der Waals surface area contributed by atoms with Gasteiger partial charge in [-0.3, -0.25) is 4.79 Å². The van der Waals surface area contributed by atoms with Crippen LogP contribution in [0.5, 0.6) is 0 Å². The maximum atomic E-state index is 10.7. The molecule has 0 radical (unpaired) electrons. The van der Waals surface area contributed by atoms with E-state index in [9.17, 15) is 4.79 Å². The highest BCUT2D eigenvalue weighted by atomic mass is 16.5. The average Bonchev–Trinajstić information content (AvgIpc) is 2.29. The zero-order valence-electron chi connectivity index (χ0n) is 11.0. The van der Waals surface area contributed by atoms with E-state index >= 15 is 0 Å². The average molecular weight is 230 g/mol. The van der Waals surface area contributed by atoms with E-state index in [4.69, 9.17) is 4.74 Å². The number of carbonyl (C=O) groups is 1. The molecule has 0 aromatic rings. The molecule has 0 bridgehead atoms. The predicted molar refractivity (Wildman–Crippen MR) is 70.6 cm³/mol. The van der Waals surface area contributed by atoms with Crippen LogP contribution in [0.2, 0.25) is 0 Å². The quantitative estimate of drug-likeness (QED) is 0.553. The smallest absolute Gasteiger partial charge is 0.309 e. The first-order valence-corrected chi connectivity index (χ1v) is 5.26. The number of carbonyl (C=O) groups excluding carboxylic acids is 1. The zero-order valence-corrected chi connectivity index (χ0v) is 11.0. The van der Waals surface area contributed by atoms with Crippen LogP contribution in [0, 0.1) is 0 Å². The van der Waals surface area contributed by atoms with Crippen LogP contribution in [0.15, 0.2) is 25.3 Å². The van der Waals surface area contributed by atoms with Crippen LogP contribution in [0.1, 0.15) is 13.3 Å². The van der Waals surface area contributed by atoms with E-state index in [1.54, 1.807) is 13.0 Å². The van der Waals surface area contributed by atoms with Gasteiger partial charge in [-0.25, -0.2) is 0 Å². The summed E-state index contributed by atoms with van der Waals surface area (Å²) in [7, 11) is 5.61. The maximum absolute atomic E-state index is 10.7. The van der Waals surface area contributed by atoms with Crippen LogP contribution < -0.4 is 10.6 Å². The van der Waals surface area contributed by atoms with Crippen LogP contribution >= 0.6 is 0 Å². The number of rotatable bonds is 5. The van der Waals surface area contributed by atoms with E-state index in [0.29, 0.717) is 13.0 Å². The van der Waals surface area contributed by atoms with Gasteiger partial charge in [0.15, 0.2) is 0 Å². The summed E-state index contributed by atoms with van der Waals surface area (Å²) in [6.07, 6.45) is 4.07. The largest absolute Gasteiger partial charge is 0.466 e. The lowest BCUT2D eigenvalue weighted by Crippen LogP contribution is -2.05. The molecule has 0 aliphatic carbocycles. The Balaban J connectivity index is -0.000000289. The van der Waals surface area contributed by atoms with Gasteiger partial charge in [-0.1, -0.05) is 12.2 Å². The molecule has 2 N–H and O–H groups in total. The molecule has 0 aliphatic heterocycles. The first-order valence-electron chi connectivity index (χ1n) is 5.26. The molecule has 4 heteroatoms. The number of nitrogens with one attached hydrogen (secondary N) is 2. The lowest BCUT2D eigenvalue weighted by atomic mass is 10.4. The van der Waals surface area contributed by atoms with Crippen molar-refractivity contribution in [2.75, 3.05) is 34.3 Å². The third-order valence-corrected chi connectivity index (χ3v) is 1.08. The Bertz CT molecular complexity index is 159. The van der Waals surface area contributed by atoms with E-state index in [-0.39, 0.29) is 5.97 Å². The van der Waals surface area contributed by atoms with E-state index in [0.717, 1.165) is 6.54 Å². The van der Waals surface area contributed by atoms with E-state index in [1.807, 2.05) is 27.2 Å². The first kappa shape index (κ1) is 20.3. The lowest BCUT2D eigenvalue weighted by Gasteiger charge is -1.96. The predicted octanol–water partition coefficient (Wildman–Crippen LogP) is 1.35. The van der Waals surface area contributed by atoms with Crippen LogP contribution in [0.3, 0.4) is 0 Å². The molecule has 0 atom stereocenters. The second-order valence-corrected chi connectivity index (χ2v) is 2.54. The van der Waals surface area contributed by atoms with Crippen molar-refractivity contribution in [2.24, 2.45) is 0 Å². The molecule has 0 heterocycles. The topological polar surface area (TPSA) is 50.4 Å². The Morgan fingerprint density at radius 3 is 2.12 bits per heavy atom. The molecule has 0 aromatic carbocycles. The number of esters is 1. The van der Waals surface area contributed by atoms with Gasteiger partial charge in [0.1, 0.15) is 0 Å². The summed E-state index contributed by atoms with van der Waals surface area (Å²) in [4.78, 5) is 10.7. The normalized spacial score (nSPS) is 8.50. The van der Waals surface area contributed by atoms with E-state index < -0.39 is 0 Å². The van der Waals surface area contributed by atoms with Gasteiger partial charge in [-0.05, 0) is 28.1 Å². The van der Waals surface area contributed by atoms with Crippen molar-refractivity contribution in [2.45, 2.75) is 13.3 Å². The molecular weight excluding hydrogens is 204 g/mol. The van der Waals surface area contributed by atoms with Crippen molar-refractivity contribution in [3.8, 4) is 0 Å². The van der Waals surface area contributed by atoms with Gasteiger partial charge >= 0.3 is 5.97 Å². The highest BCUT2D eigenvalue weighted by Gasteiger charge is 1.94. The van der Waals surface area contributed by atoms with Gasteiger partial charge < -0.3 is 15.4 Å². The number of ether oxygens (including phenoxy) is 1. The van der Waals surface area contributed by atoms with Crippen LogP contribution in [-0.2, 0) is 9.53 Å². The van der Waals surface area contributed by atoms with Crippen molar-refractivity contribution in [1.29, 1.82) is 0 Å². The van der Waals surface area contributed by atoms with Crippen molar-refractivity contribution in [1.82, 2.24) is 10.6 Å². The molecule has 16 heavy (non-hydrogen) atoms. The summed E-state index contributed by atoms with van der Waals surface area (Å²) < 4.78 is 4.71. The van der Waals surface area contributed by atoms with Crippen molar-refractivity contribution >= 4 is 5.97 Å². The summed E-state index contributed by atoms with van der Waals surface area (Å²) in [6.45, 7) is 9.05. The second-order valence-electron chi connectivity index (χ2n) is 2.54. The van der Waals surface area contributed by atoms with Gasteiger partial charge in [0, 0.05) is 6.54 Å². The van der Waals surface area contributed by atoms with Gasteiger partial charge in [-0.15, -0.1) is 13.2 Å². The molecule has 0 aliphatic rings. The van der Waals surface area contributed by atoms with Crippen molar-refractivity contribution < 1.29 is 9.53 Å². The van der Waals surface area contributed by atoms with Crippen LogP contribution in [0.25, 0.3) is 0 Å². The zero-order chi connectivity index (χ0) is 13.2. The molecule has 0 aromatic heterocycles. The Kier molecular flexibility index (Phi) is 29.9. The molecular formula is C12H26N2O2. The fraction of sp³-hybridized carbons (Fsp3) is 0.583. The molecule has 0 spiro atoms. The monoisotopic (exact) mass is 230 g/mol. The number of hydrogen-bond acceptors (Lipinski definition) is 4. The second kappa shape index (κ2) is 23.6. The minimum absolute atomic E-state index is 0.167. The first-order chi connectivity index (χ1) is 7.72. The molecule has 0 unspecified atom stereocenters. The van der Waals surface area contributed by atoms with E-state index in [2.05, 4.69) is 23.8 Å². The molecule has 0 amide bonds. The van der Waals surface area contributed by atoms with Crippen LogP contribution in [-0.4, -0.2) is 40.3 Å². The fourth-order valence-electron chi connectivity index (χ4n) is 0.601. The highest BCUT2D eigenvalue weighted by Crippen LogP contribution is 1.87. The highest BCUT2D eigenvalue weighted by molar-refractivity contribution is 5.71. The molecule has 0 saturated carbocycles. The van der Waals surface area contributed by atoms with Crippen molar-refractivity contribution in [3.05, 3.63) is 25.3 Å². The maximum Gasteiger partial charge on any atom is 0.309 e. The van der Waals surface area contributed by atoms with Gasteiger partial charge in [0.25, 0.3) is 0 Å². The van der Waals surface area contributed by atoms with Gasteiger partial charge in [0.2, 0.25) is 0 Å². The molecule has 0 rings (SSSR count). The van der Waals surface area contributed by atoms with Gasteiger partial charge in [-0.2, -0.15) is 0 Å². The summed E-state index contributed by atoms with van der Waals surface area (Å²) in [5, 5.41) is 5.68. The molecule has 0 fully saturated rings. The van der Waals surface area contributed by atoms with Crippen LogP contribution in [0.4, 0.5) is 0 Å².